The highest BCUT2D eigenvalue weighted by atomic mass is 32.1. The average molecular weight is 202 g/mol. The molecule has 2 aromatic heterocycles. The Balaban J connectivity index is 0.000000128. The topological polar surface area (TPSA) is 28.7 Å². The van der Waals surface area contributed by atoms with Crippen LogP contribution in [-0.2, 0) is 0 Å². The molecule has 3 rings (SSSR count). The van der Waals surface area contributed by atoms with Gasteiger partial charge in [0.15, 0.2) is 0 Å². The van der Waals surface area contributed by atoms with E-state index in [-0.39, 0.29) is 0 Å². The number of nitrogens with one attached hydrogen (secondary N) is 1. The van der Waals surface area contributed by atoms with Gasteiger partial charge < -0.3 is 4.98 Å². The second kappa shape index (κ2) is 4.58. The lowest BCUT2D eigenvalue weighted by molar-refractivity contribution is 1.43. The summed E-state index contributed by atoms with van der Waals surface area (Å²) in [6, 6.07) is 10.3. The van der Waals surface area contributed by atoms with E-state index >= 15 is 0 Å². The third-order valence-corrected chi connectivity index (χ3v) is 2.33. The first-order chi connectivity index (χ1) is 6.97. The van der Waals surface area contributed by atoms with Crippen molar-refractivity contribution in [2.24, 2.45) is 0 Å². The number of para-hydroxylation sites is 1. The molecule has 0 atom stereocenters. The zero-order valence-electron chi connectivity index (χ0n) is 7.55. The van der Waals surface area contributed by atoms with Gasteiger partial charge in [0, 0.05) is 23.3 Å². The predicted octanol–water partition coefficient (Wildman–Crippen LogP) is 3.31. The number of fused-ring (bicyclic) bond motifs is 1. The van der Waals surface area contributed by atoms with E-state index in [1.54, 1.807) is 23.0 Å². The molecule has 2 nitrogen and oxygen atoms in total. The number of hydrogen-bond acceptors (Lipinski definition) is 2. The summed E-state index contributed by atoms with van der Waals surface area (Å²) >= 11 is 1.60. The molecule has 1 aromatic carbocycles. The van der Waals surface area contributed by atoms with Crippen LogP contribution in [0.3, 0.4) is 0 Å². The van der Waals surface area contributed by atoms with Crippen LogP contribution in [0.15, 0.2) is 53.6 Å². The summed E-state index contributed by atoms with van der Waals surface area (Å²) in [6.07, 6.45) is 3.72. The summed E-state index contributed by atoms with van der Waals surface area (Å²) in [5.74, 6) is 0. The van der Waals surface area contributed by atoms with Gasteiger partial charge in [-0.05, 0) is 17.5 Å². The third kappa shape index (κ3) is 2.20. The van der Waals surface area contributed by atoms with E-state index in [0.717, 1.165) is 0 Å². The van der Waals surface area contributed by atoms with Gasteiger partial charge in [-0.3, -0.25) is 4.98 Å². The normalized spacial score (nSPS) is 9.43. The molecule has 3 heteroatoms. The minimum absolute atomic E-state index is 1.21. The molecule has 0 amide bonds. The van der Waals surface area contributed by atoms with Crippen molar-refractivity contribution >= 4 is 22.2 Å². The van der Waals surface area contributed by atoms with Crippen molar-refractivity contribution in [2.75, 3.05) is 0 Å². The Labute approximate surface area is 86.2 Å². The van der Waals surface area contributed by atoms with E-state index in [1.807, 2.05) is 23.7 Å². The van der Waals surface area contributed by atoms with Crippen molar-refractivity contribution < 1.29 is 0 Å². The van der Waals surface area contributed by atoms with Crippen LogP contribution in [0.25, 0.3) is 10.9 Å². The van der Waals surface area contributed by atoms with Crippen LogP contribution in [0.2, 0.25) is 0 Å². The quantitative estimate of drug-likeness (QED) is 0.595. The molecule has 0 bridgehead atoms. The molecule has 0 aliphatic carbocycles. The summed E-state index contributed by atoms with van der Waals surface area (Å²) in [4.78, 5) is 6.86. The first-order valence-corrected chi connectivity index (χ1v) is 5.25. The molecule has 0 radical (unpaired) electrons. The smallest absolute Gasteiger partial charge is 0.0791 e. The fraction of sp³-hybridized carbons (Fsp3) is 0. The predicted molar refractivity (Wildman–Crippen MR) is 60.4 cm³/mol. The van der Waals surface area contributed by atoms with Crippen molar-refractivity contribution in [3.05, 3.63) is 53.6 Å². The molecule has 1 N–H and O–H groups in total. The van der Waals surface area contributed by atoms with Crippen molar-refractivity contribution in [3.63, 3.8) is 0 Å². The van der Waals surface area contributed by atoms with Crippen molar-refractivity contribution in [3.8, 4) is 0 Å². The van der Waals surface area contributed by atoms with Crippen LogP contribution >= 0.6 is 11.3 Å². The van der Waals surface area contributed by atoms with Gasteiger partial charge in [-0.2, -0.15) is 0 Å². The van der Waals surface area contributed by atoms with E-state index in [4.69, 9.17) is 0 Å². The molecule has 2 heterocycles. The summed E-state index contributed by atoms with van der Waals surface area (Å²) in [5.41, 5.74) is 3.00. The number of thiazole rings is 1. The standard InChI is InChI=1S/C8H7N.C3H3NS/c1-2-4-8-7(3-1)5-6-9-8;1-2-5-3-4-1/h1-6,9H;1-3H. The molecule has 0 saturated heterocycles. The molecule has 0 spiro atoms. The van der Waals surface area contributed by atoms with Gasteiger partial charge in [0.1, 0.15) is 0 Å². The first kappa shape index (κ1) is 8.97. The molecule has 70 valence electrons. The second-order valence-electron chi connectivity index (χ2n) is 2.74. The SMILES string of the molecule is c1ccc2[nH]ccc2c1.c1cscn1. The first-order valence-electron chi connectivity index (χ1n) is 4.31. The van der Waals surface area contributed by atoms with Crippen LogP contribution in [-0.4, -0.2) is 9.97 Å². The maximum atomic E-state index is 3.74. The van der Waals surface area contributed by atoms with Crippen LogP contribution in [0, 0.1) is 0 Å². The summed E-state index contributed by atoms with van der Waals surface area (Å²) in [5, 5.41) is 3.21. The van der Waals surface area contributed by atoms with Gasteiger partial charge in [0.25, 0.3) is 0 Å². The van der Waals surface area contributed by atoms with E-state index < -0.39 is 0 Å². The zero-order chi connectivity index (χ0) is 9.64. The highest BCUT2D eigenvalue weighted by Crippen LogP contribution is 2.09. The Morgan fingerprint density at radius 1 is 1.14 bits per heavy atom. The summed E-state index contributed by atoms with van der Waals surface area (Å²) in [6.45, 7) is 0. The monoisotopic (exact) mass is 202 g/mol. The van der Waals surface area contributed by atoms with Crippen LogP contribution < -0.4 is 0 Å². The Morgan fingerprint density at radius 2 is 2.07 bits per heavy atom. The van der Waals surface area contributed by atoms with E-state index in [9.17, 15) is 0 Å². The third-order valence-electron chi connectivity index (χ3n) is 1.81. The molecule has 3 aromatic rings. The number of rotatable bonds is 0. The number of nitrogens with zero attached hydrogens (tertiary/aromatic N) is 1. The second-order valence-corrected chi connectivity index (χ2v) is 3.50. The van der Waals surface area contributed by atoms with Gasteiger partial charge in [-0.1, -0.05) is 18.2 Å². The van der Waals surface area contributed by atoms with E-state index in [1.165, 1.54) is 10.9 Å². The Bertz CT molecular complexity index is 423. The number of aromatic amines is 1. The van der Waals surface area contributed by atoms with Gasteiger partial charge >= 0.3 is 0 Å². The van der Waals surface area contributed by atoms with Crippen LogP contribution in [0.5, 0.6) is 0 Å². The van der Waals surface area contributed by atoms with Gasteiger partial charge in [-0.15, -0.1) is 11.3 Å². The fourth-order valence-corrected chi connectivity index (χ4v) is 1.52. The van der Waals surface area contributed by atoms with Gasteiger partial charge in [0.05, 0.1) is 5.51 Å². The molecular formula is C11H10N2S. The maximum absolute atomic E-state index is 3.74. The van der Waals surface area contributed by atoms with Crippen LogP contribution in [0.1, 0.15) is 0 Å². The number of benzene rings is 1. The molecule has 14 heavy (non-hydrogen) atoms. The minimum Gasteiger partial charge on any atom is -0.361 e. The van der Waals surface area contributed by atoms with Crippen molar-refractivity contribution in [1.82, 2.24) is 9.97 Å². The van der Waals surface area contributed by atoms with Crippen molar-refractivity contribution in [1.29, 1.82) is 0 Å². The highest BCUT2D eigenvalue weighted by molar-refractivity contribution is 7.07. The number of aromatic nitrogens is 2. The Kier molecular flexibility index (Phi) is 2.93. The Hall–Kier alpha value is -1.61. The fourth-order valence-electron chi connectivity index (χ4n) is 1.17. The minimum atomic E-state index is 1.21. The van der Waals surface area contributed by atoms with E-state index in [0.29, 0.717) is 0 Å². The number of H-pyrrole nitrogens is 1. The van der Waals surface area contributed by atoms with Gasteiger partial charge in [-0.25, -0.2) is 0 Å². The molecular weight excluding hydrogens is 192 g/mol. The van der Waals surface area contributed by atoms with Gasteiger partial charge in [0.2, 0.25) is 0 Å². The summed E-state index contributed by atoms with van der Waals surface area (Å²) in [7, 11) is 0. The molecule has 0 fully saturated rings. The largest absolute Gasteiger partial charge is 0.361 e. The zero-order valence-corrected chi connectivity index (χ0v) is 8.37. The summed E-state index contributed by atoms with van der Waals surface area (Å²) < 4.78 is 0. The maximum Gasteiger partial charge on any atom is 0.0791 e. The molecule has 0 aliphatic rings. The lowest BCUT2D eigenvalue weighted by Crippen LogP contribution is -1.61. The lowest BCUT2D eigenvalue weighted by atomic mass is 10.3. The molecule has 0 saturated carbocycles. The molecule has 0 unspecified atom stereocenters. The average Bonchev–Trinajstić information content (AvgIpc) is 2.92. The van der Waals surface area contributed by atoms with Crippen molar-refractivity contribution in [2.45, 2.75) is 0 Å². The lowest BCUT2D eigenvalue weighted by Gasteiger charge is -1.83. The van der Waals surface area contributed by atoms with Crippen LogP contribution in [0.4, 0.5) is 0 Å². The highest BCUT2D eigenvalue weighted by Gasteiger charge is 1.86. The Morgan fingerprint density at radius 3 is 2.71 bits per heavy atom. The number of hydrogen-bond donors (Lipinski definition) is 1. The molecule has 0 aliphatic heterocycles. The van der Waals surface area contributed by atoms with E-state index in [2.05, 4.69) is 28.2 Å².